The van der Waals surface area contributed by atoms with Crippen molar-refractivity contribution >= 4 is 52.5 Å². The normalized spacial score (nSPS) is 12.8. The number of amides is 2. The first-order valence-electron chi connectivity index (χ1n) is 8.14. The third-order valence-electron chi connectivity index (χ3n) is 3.88. The lowest BCUT2D eigenvalue weighted by Gasteiger charge is -2.16. The van der Waals surface area contributed by atoms with E-state index in [1.807, 2.05) is 19.9 Å². The van der Waals surface area contributed by atoms with Gasteiger partial charge in [0.2, 0.25) is 5.91 Å². The minimum absolute atomic E-state index is 0.122. The molecule has 140 valence electrons. The molecular weight excluding hydrogens is 388 g/mol. The van der Waals surface area contributed by atoms with Gasteiger partial charge >= 0.3 is 5.97 Å². The van der Waals surface area contributed by atoms with Crippen molar-refractivity contribution in [3.63, 3.8) is 0 Å². The van der Waals surface area contributed by atoms with Crippen LogP contribution in [-0.2, 0) is 14.3 Å². The van der Waals surface area contributed by atoms with Crippen molar-refractivity contribution in [1.29, 1.82) is 0 Å². The maximum absolute atomic E-state index is 12.2. The van der Waals surface area contributed by atoms with E-state index in [1.165, 1.54) is 11.8 Å². The summed E-state index contributed by atoms with van der Waals surface area (Å²) in [5.41, 5.74) is 3.13. The predicted octanol–water partition coefficient (Wildman–Crippen LogP) is 3.80. The van der Waals surface area contributed by atoms with Crippen LogP contribution >= 0.6 is 23.4 Å². The summed E-state index contributed by atoms with van der Waals surface area (Å²) < 4.78 is 5.07. The zero-order valence-corrected chi connectivity index (χ0v) is 16.3. The SMILES string of the molecule is Cc1cc(C)c(NC(=O)COC(=O)c2ccc3c(c2)NC(=O)CS3)c(Cl)c1. The van der Waals surface area contributed by atoms with Gasteiger partial charge < -0.3 is 15.4 Å². The second kappa shape index (κ2) is 8.02. The summed E-state index contributed by atoms with van der Waals surface area (Å²) in [4.78, 5) is 36.6. The Hall–Kier alpha value is -2.51. The van der Waals surface area contributed by atoms with E-state index >= 15 is 0 Å². The molecule has 27 heavy (non-hydrogen) atoms. The van der Waals surface area contributed by atoms with E-state index in [-0.39, 0.29) is 11.5 Å². The molecule has 8 heteroatoms. The molecule has 2 N–H and O–H groups in total. The summed E-state index contributed by atoms with van der Waals surface area (Å²) in [5.74, 6) is -0.913. The first-order valence-corrected chi connectivity index (χ1v) is 9.50. The lowest BCUT2D eigenvalue weighted by Crippen LogP contribution is -2.22. The van der Waals surface area contributed by atoms with Gasteiger partial charge in [0.05, 0.1) is 27.7 Å². The number of rotatable bonds is 4. The standard InChI is InChI=1S/C19H17ClN2O4S/c1-10-5-11(2)18(13(20)6-10)22-16(23)8-26-19(25)12-3-4-15-14(7-12)21-17(24)9-27-15/h3-7H,8-9H2,1-2H3,(H,21,24)(H,22,23). The van der Waals surface area contributed by atoms with E-state index in [1.54, 1.807) is 24.3 Å². The number of halogens is 1. The molecule has 0 atom stereocenters. The summed E-state index contributed by atoms with van der Waals surface area (Å²) in [7, 11) is 0. The number of carbonyl (C=O) groups excluding carboxylic acids is 3. The minimum Gasteiger partial charge on any atom is -0.452 e. The Morgan fingerprint density at radius 2 is 2.04 bits per heavy atom. The highest BCUT2D eigenvalue weighted by atomic mass is 35.5. The summed E-state index contributed by atoms with van der Waals surface area (Å²) in [6.45, 7) is 3.30. The molecule has 0 unspecified atom stereocenters. The highest BCUT2D eigenvalue weighted by Crippen LogP contribution is 2.32. The van der Waals surface area contributed by atoms with Gasteiger partial charge in [0.15, 0.2) is 6.61 Å². The van der Waals surface area contributed by atoms with Crippen LogP contribution in [0, 0.1) is 13.8 Å². The molecule has 0 saturated heterocycles. The average molecular weight is 405 g/mol. The highest BCUT2D eigenvalue weighted by Gasteiger charge is 2.18. The van der Waals surface area contributed by atoms with Gasteiger partial charge in [-0.3, -0.25) is 9.59 Å². The monoisotopic (exact) mass is 404 g/mol. The van der Waals surface area contributed by atoms with Crippen LogP contribution in [0.4, 0.5) is 11.4 Å². The third kappa shape index (κ3) is 4.61. The first kappa shape index (κ1) is 19.3. The van der Waals surface area contributed by atoms with Gasteiger partial charge in [-0.05, 0) is 49.2 Å². The van der Waals surface area contributed by atoms with Crippen LogP contribution in [0.3, 0.4) is 0 Å². The smallest absolute Gasteiger partial charge is 0.338 e. The van der Waals surface area contributed by atoms with E-state index in [9.17, 15) is 14.4 Å². The maximum Gasteiger partial charge on any atom is 0.338 e. The second-order valence-electron chi connectivity index (χ2n) is 6.11. The Morgan fingerprint density at radius 3 is 2.78 bits per heavy atom. The number of aryl methyl sites for hydroxylation is 2. The van der Waals surface area contributed by atoms with Crippen molar-refractivity contribution < 1.29 is 19.1 Å². The van der Waals surface area contributed by atoms with E-state index in [0.717, 1.165) is 16.0 Å². The van der Waals surface area contributed by atoms with Crippen LogP contribution in [0.2, 0.25) is 5.02 Å². The fourth-order valence-electron chi connectivity index (χ4n) is 2.67. The van der Waals surface area contributed by atoms with Crippen LogP contribution in [-0.4, -0.2) is 30.1 Å². The molecule has 0 fully saturated rings. The number of carbonyl (C=O) groups is 3. The number of hydrogen-bond acceptors (Lipinski definition) is 5. The van der Waals surface area contributed by atoms with Gasteiger partial charge in [0, 0.05) is 4.90 Å². The zero-order chi connectivity index (χ0) is 19.6. The third-order valence-corrected chi connectivity index (χ3v) is 5.25. The van der Waals surface area contributed by atoms with Gasteiger partial charge in [0.1, 0.15) is 0 Å². The summed E-state index contributed by atoms with van der Waals surface area (Å²) in [6, 6.07) is 8.53. The minimum atomic E-state index is -0.649. The van der Waals surface area contributed by atoms with E-state index in [4.69, 9.17) is 16.3 Å². The number of nitrogens with one attached hydrogen (secondary N) is 2. The van der Waals surface area contributed by atoms with Crippen molar-refractivity contribution in [3.8, 4) is 0 Å². The van der Waals surface area contributed by atoms with Crippen LogP contribution < -0.4 is 10.6 Å². The number of hydrogen-bond donors (Lipinski definition) is 2. The number of anilines is 2. The van der Waals surface area contributed by atoms with E-state index in [0.29, 0.717) is 22.2 Å². The number of esters is 1. The Morgan fingerprint density at radius 1 is 1.26 bits per heavy atom. The Labute approximate surface area is 165 Å². The molecule has 0 aliphatic carbocycles. The molecule has 2 aromatic rings. The maximum atomic E-state index is 12.2. The second-order valence-corrected chi connectivity index (χ2v) is 7.54. The lowest BCUT2D eigenvalue weighted by atomic mass is 10.1. The lowest BCUT2D eigenvalue weighted by molar-refractivity contribution is -0.119. The largest absolute Gasteiger partial charge is 0.452 e. The molecular formula is C19H17ClN2O4S. The molecule has 2 aromatic carbocycles. The van der Waals surface area contributed by atoms with Gasteiger partial charge in [0.25, 0.3) is 5.91 Å². The predicted molar refractivity (Wildman–Crippen MR) is 106 cm³/mol. The fraction of sp³-hybridized carbons (Fsp3) is 0.211. The number of thioether (sulfide) groups is 1. The molecule has 3 rings (SSSR count). The summed E-state index contributed by atoms with van der Waals surface area (Å²) >= 11 is 7.56. The van der Waals surface area contributed by atoms with Crippen LogP contribution in [0.1, 0.15) is 21.5 Å². The average Bonchev–Trinajstić information content (AvgIpc) is 2.62. The van der Waals surface area contributed by atoms with Crippen LogP contribution in [0.25, 0.3) is 0 Å². The number of ether oxygens (including phenoxy) is 1. The molecule has 0 aromatic heterocycles. The fourth-order valence-corrected chi connectivity index (χ4v) is 3.83. The molecule has 1 heterocycles. The van der Waals surface area contributed by atoms with E-state index in [2.05, 4.69) is 10.6 Å². The van der Waals surface area contributed by atoms with Crippen molar-refractivity contribution in [2.75, 3.05) is 23.0 Å². The van der Waals surface area contributed by atoms with Crippen molar-refractivity contribution in [2.24, 2.45) is 0 Å². The van der Waals surface area contributed by atoms with Gasteiger partial charge in [-0.2, -0.15) is 0 Å². The molecule has 0 bridgehead atoms. The summed E-state index contributed by atoms with van der Waals surface area (Å²) in [5, 5.41) is 5.79. The summed E-state index contributed by atoms with van der Waals surface area (Å²) in [6.07, 6.45) is 0. The molecule has 6 nitrogen and oxygen atoms in total. The Balaban J connectivity index is 1.62. The quantitative estimate of drug-likeness (QED) is 0.757. The van der Waals surface area contributed by atoms with Gasteiger partial charge in [-0.1, -0.05) is 17.7 Å². The highest BCUT2D eigenvalue weighted by molar-refractivity contribution is 8.00. The Kier molecular flexibility index (Phi) is 5.72. The van der Waals surface area contributed by atoms with Crippen molar-refractivity contribution in [1.82, 2.24) is 0 Å². The number of fused-ring (bicyclic) bond motifs is 1. The van der Waals surface area contributed by atoms with Crippen molar-refractivity contribution in [2.45, 2.75) is 18.7 Å². The van der Waals surface area contributed by atoms with E-state index < -0.39 is 18.5 Å². The zero-order valence-electron chi connectivity index (χ0n) is 14.7. The van der Waals surface area contributed by atoms with Crippen LogP contribution in [0.15, 0.2) is 35.2 Å². The van der Waals surface area contributed by atoms with Crippen LogP contribution in [0.5, 0.6) is 0 Å². The van der Waals surface area contributed by atoms with Gasteiger partial charge in [-0.15, -0.1) is 11.8 Å². The molecule has 0 saturated carbocycles. The first-order chi connectivity index (χ1) is 12.8. The number of benzene rings is 2. The molecule has 0 radical (unpaired) electrons. The van der Waals surface area contributed by atoms with Gasteiger partial charge in [-0.25, -0.2) is 4.79 Å². The molecule has 0 spiro atoms. The van der Waals surface area contributed by atoms with Crippen molar-refractivity contribution in [3.05, 3.63) is 52.0 Å². The topological polar surface area (TPSA) is 84.5 Å². The molecule has 1 aliphatic heterocycles. The molecule has 1 aliphatic rings. The molecule has 2 amide bonds. The Bertz CT molecular complexity index is 922.